The number of phenolic OH excluding ortho intramolecular Hbond substituents is 1. The van der Waals surface area contributed by atoms with Gasteiger partial charge in [-0.3, -0.25) is 0 Å². The summed E-state index contributed by atoms with van der Waals surface area (Å²) in [7, 11) is 0. The summed E-state index contributed by atoms with van der Waals surface area (Å²) in [6.07, 6.45) is 2.35. The molecular formula is C13H14N4OS. The molecule has 0 fully saturated rings. The Morgan fingerprint density at radius 1 is 1.26 bits per heavy atom. The van der Waals surface area contributed by atoms with Gasteiger partial charge in [0.1, 0.15) is 10.7 Å². The van der Waals surface area contributed by atoms with E-state index in [4.69, 9.17) is 18.0 Å². The Kier molecular flexibility index (Phi) is 4.25. The van der Waals surface area contributed by atoms with E-state index in [1.165, 1.54) is 0 Å². The third-order valence-electron chi connectivity index (χ3n) is 2.63. The summed E-state index contributed by atoms with van der Waals surface area (Å²) in [6, 6.07) is 8.82. The van der Waals surface area contributed by atoms with Crippen LogP contribution in [0.1, 0.15) is 11.1 Å². The fourth-order valence-electron chi connectivity index (χ4n) is 1.65. The van der Waals surface area contributed by atoms with Gasteiger partial charge in [-0.25, -0.2) is 0 Å². The molecular weight excluding hydrogens is 260 g/mol. The standard InChI is InChI=1S/C13H14N4OS/c14-12(19)11-6-8-16-17-13(11)15-7-5-9-1-3-10(18)4-2-9/h1-4,6,8,18H,5,7H2,(H2,14,19)(H,15,17). The van der Waals surface area contributed by atoms with Crippen molar-refractivity contribution in [1.82, 2.24) is 10.2 Å². The van der Waals surface area contributed by atoms with Gasteiger partial charge in [0.25, 0.3) is 0 Å². The number of benzene rings is 1. The van der Waals surface area contributed by atoms with Crippen molar-refractivity contribution in [1.29, 1.82) is 0 Å². The van der Waals surface area contributed by atoms with Crippen LogP contribution in [0.3, 0.4) is 0 Å². The second-order valence-electron chi connectivity index (χ2n) is 4.00. The average molecular weight is 274 g/mol. The Labute approximate surface area is 116 Å². The molecule has 0 radical (unpaired) electrons. The monoisotopic (exact) mass is 274 g/mol. The molecule has 0 aliphatic rings. The molecule has 0 amide bonds. The molecule has 0 bridgehead atoms. The fraction of sp³-hybridized carbons (Fsp3) is 0.154. The Morgan fingerprint density at radius 3 is 2.68 bits per heavy atom. The molecule has 0 saturated heterocycles. The molecule has 1 aromatic heterocycles. The maximum absolute atomic E-state index is 9.20. The van der Waals surface area contributed by atoms with Crippen LogP contribution in [-0.2, 0) is 6.42 Å². The van der Waals surface area contributed by atoms with Crippen molar-refractivity contribution < 1.29 is 5.11 Å². The van der Waals surface area contributed by atoms with Crippen LogP contribution in [0.5, 0.6) is 5.75 Å². The van der Waals surface area contributed by atoms with Gasteiger partial charge in [0.2, 0.25) is 0 Å². The Balaban J connectivity index is 1.96. The van der Waals surface area contributed by atoms with E-state index >= 15 is 0 Å². The van der Waals surface area contributed by atoms with Crippen molar-refractivity contribution in [3.63, 3.8) is 0 Å². The first kappa shape index (κ1) is 13.2. The second kappa shape index (κ2) is 6.10. The van der Waals surface area contributed by atoms with E-state index in [9.17, 15) is 5.11 Å². The minimum atomic E-state index is 0.265. The smallest absolute Gasteiger partial charge is 0.158 e. The summed E-state index contributed by atoms with van der Waals surface area (Å²) in [4.78, 5) is 0.294. The molecule has 19 heavy (non-hydrogen) atoms. The largest absolute Gasteiger partial charge is 0.508 e. The van der Waals surface area contributed by atoms with Gasteiger partial charge in [0.05, 0.1) is 11.8 Å². The van der Waals surface area contributed by atoms with Gasteiger partial charge in [-0.2, -0.15) is 5.10 Å². The topological polar surface area (TPSA) is 84.1 Å². The third-order valence-corrected chi connectivity index (χ3v) is 2.85. The van der Waals surface area contributed by atoms with E-state index in [0.717, 1.165) is 12.0 Å². The lowest BCUT2D eigenvalue weighted by atomic mass is 10.1. The lowest BCUT2D eigenvalue weighted by molar-refractivity contribution is 0.475. The zero-order valence-corrected chi connectivity index (χ0v) is 11.0. The predicted octanol–water partition coefficient (Wildman–Crippen LogP) is 1.47. The van der Waals surface area contributed by atoms with Crippen molar-refractivity contribution in [2.75, 3.05) is 11.9 Å². The number of nitrogens with zero attached hydrogens (tertiary/aromatic N) is 2. The molecule has 2 rings (SSSR count). The van der Waals surface area contributed by atoms with Crippen LogP contribution in [0, 0.1) is 0 Å². The highest BCUT2D eigenvalue weighted by molar-refractivity contribution is 7.80. The van der Waals surface area contributed by atoms with Crippen LogP contribution >= 0.6 is 12.2 Å². The zero-order valence-electron chi connectivity index (χ0n) is 10.2. The summed E-state index contributed by atoms with van der Waals surface area (Å²) >= 11 is 4.95. The quantitative estimate of drug-likeness (QED) is 0.716. The van der Waals surface area contributed by atoms with Crippen LogP contribution < -0.4 is 11.1 Å². The Morgan fingerprint density at radius 2 is 2.00 bits per heavy atom. The maximum atomic E-state index is 9.20. The highest BCUT2D eigenvalue weighted by Crippen LogP contribution is 2.12. The number of nitrogens with two attached hydrogens (primary N) is 1. The van der Waals surface area contributed by atoms with E-state index in [1.54, 1.807) is 24.4 Å². The number of hydrogen-bond acceptors (Lipinski definition) is 5. The van der Waals surface area contributed by atoms with Crippen LogP contribution in [0.2, 0.25) is 0 Å². The number of thiocarbonyl (C=S) groups is 1. The highest BCUT2D eigenvalue weighted by atomic mass is 32.1. The minimum Gasteiger partial charge on any atom is -0.508 e. The Bertz CT molecular complexity index is 571. The lowest BCUT2D eigenvalue weighted by Crippen LogP contribution is -2.16. The number of anilines is 1. The van der Waals surface area contributed by atoms with Crippen molar-refractivity contribution in [2.45, 2.75) is 6.42 Å². The number of phenols is 1. The fourth-order valence-corrected chi connectivity index (χ4v) is 1.81. The first-order chi connectivity index (χ1) is 9.16. The minimum absolute atomic E-state index is 0.265. The van der Waals surface area contributed by atoms with Gasteiger partial charge in [-0.05, 0) is 30.2 Å². The number of aromatic nitrogens is 2. The average Bonchev–Trinajstić information content (AvgIpc) is 2.41. The maximum Gasteiger partial charge on any atom is 0.158 e. The molecule has 0 atom stereocenters. The SMILES string of the molecule is NC(=S)c1ccnnc1NCCc1ccc(O)cc1. The molecule has 1 aromatic carbocycles. The van der Waals surface area contributed by atoms with Crippen molar-refractivity contribution in [3.05, 3.63) is 47.7 Å². The molecule has 0 spiro atoms. The molecule has 0 aliphatic heterocycles. The van der Waals surface area contributed by atoms with Gasteiger partial charge in [-0.15, -0.1) is 5.10 Å². The molecule has 6 heteroatoms. The summed E-state index contributed by atoms with van der Waals surface area (Å²) in [5.41, 5.74) is 7.42. The molecule has 0 unspecified atom stereocenters. The van der Waals surface area contributed by atoms with Gasteiger partial charge in [0, 0.05) is 6.54 Å². The first-order valence-electron chi connectivity index (χ1n) is 5.80. The summed E-state index contributed by atoms with van der Waals surface area (Å²) in [5.74, 6) is 0.857. The number of aromatic hydroxyl groups is 1. The molecule has 0 saturated carbocycles. The Hall–Kier alpha value is -2.21. The van der Waals surface area contributed by atoms with Crippen LogP contribution in [0.4, 0.5) is 5.82 Å². The number of nitrogens with one attached hydrogen (secondary N) is 1. The van der Waals surface area contributed by atoms with E-state index in [-0.39, 0.29) is 5.75 Å². The predicted molar refractivity (Wildman–Crippen MR) is 78.2 cm³/mol. The van der Waals surface area contributed by atoms with Crippen molar-refractivity contribution in [2.24, 2.45) is 5.73 Å². The van der Waals surface area contributed by atoms with Gasteiger partial charge < -0.3 is 16.2 Å². The molecule has 1 heterocycles. The van der Waals surface area contributed by atoms with E-state index in [0.29, 0.717) is 22.9 Å². The summed E-state index contributed by atoms with van der Waals surface area (Å²) < 4.78 is 0. The second-order valence-corrected chi connectivity index (χ2v) is 4.44. The summed E-state index contributed by atoms with van der Waals surface area (Å²) in [6.45, 7) is 0.680. The van der Waals surface area contributed by atoms with E-state index in [1.807, 2.05) is 12.1 Å². The van der Waals surface area contributed by atoms with Gasteiger partial charge >= 0.3 is 0 Å². The van der Waals surface area contributed by atoms with Crippen LogP contribution in [0.25, 0.3) is 0 Å². The van der Waals surface area contributed by atoms with Gasteiger partial charge in [-0.1, -0.05) is 24.4 Å². The molecule has 2 aromatic rings. The first-order valence-corrected chi connectivity index (χ1v) is 6.21. The van der Waals surface area contributed by atoms with Crippen molar-refractivity contribution in [3.8, 4) is 5.75 Å². The zero-order chi connectivity index (χ0) is 13.7. The molecule has 4 N–H and O–H groups in total. The summed E-state index contributed by atoms with van der Waals surface area (Å²) in [5, 5.41) is 20.1. The van der Waals surface area contributed by atoms with Crippen molar-refractivity contribution >= 4 is 23.0 Å². The normalized spacial score (nSPS) is 10.1. The molecule has 98 valence electrons. The van der Waals surface area contributed by atoms with E-state index in [2.05, 4.69) is 15.5 Å². The van der Waals surface area contributed by atoms with Crippen LogP contribution in [0.15, 0.2) is 36.5 Å². The molecule has 0 aliphatic carbocycles. The van der Waals surface area contributed by atoms with Gasteiger partial charge in [0.15, 0.2) is 5.82 Å². The highest BCUT2D eigenvalue weighted by Gasteiger charge is 2.05. The molecule has 5 nitrogen and oxygen atoms in total. The number of rotatable bonds is 5. The third kappa shape index (κ3) is 3.62. The lowest BCUT2D eigenvalue weighted by Gasteiger charge is -2.08. The van der Waals surface area contributed by atoms with Crippen LogP contribution in [-0.4, -0.2) is 26.8 Å². The van der Waals surface area contributed by atoms with E-state index < -0.39 is 0 Å². The number of hydrogen-bond donors (Lipinski definition) is 3.